The Morgan fingerprint density at radius 2 is 1.59 bits per heavy atom. The molecule has 3 heterocycles. The van der Waals surface area contributed by atoms with Crippen molar-refractivity contribution in [1.82, 2.24) is 9.80 Å². The summed E-state index contributed by atoms with van der Waals surface area (Å²) < 4.78 is 5.56. The summed E-state index contributed by atoms with van der Waals surface area (Å²) >= 11 is 0. The van der Waals surface area contributed by atoms with Crippen LogP contribution in [-0.4, -0.2) is 48.0 Å². The molecule has 2 atom stereocenters. The van der Waals surface area contributed by atoms with Crippen LogP contribution in [0, 0.1) is 11.8 Å². The molecule has 3 aliphatic rings. The topological polar surface area (TPSA) is 61.9 Å². The van der Waals surface area contributed by atoms with Crippen LogP contribution in [0.15, 0.2) is 48.5 Å². The molecule has 0 aromatic heterocycles. The van der Waals surface area contributed by atoms with Crippen LogP contribution in [0.3, 0.4) is 0 Å². The van der Waals surface area contributed by atoms with E-state index in [-0.39, 0.29) is 11.9 Å². The second-order valence-electron chi connectivity index (χ2n) is 8.23. The molecule has 2 saturated heterocycles. The first-order valence-corrected chi connectivity index (χ1v) is 10.3. The lowest BCUT2D eigenvalue weighted by Crippen LogP contribution is -2.43. The Labute approximate surface area is 170 Å². The van der Waals surface area contributed by atoms with Crippen molar-refractivity contribution in [3.8, 4) is 0 Å². The van der Waals surface area contributed by atoms with Crippen molar-refractivity contribution < 1.29 is 14.3 Å². The Morgan fingerprint density at radius 3 is 2.31 bits per heavy atom. The van der Waals surface area contributed by atoms with Crippen LogP contribution < -0.4 is 5.32 Å². The first-order valence-electron chi connectivity index (χ1n) is 10.3. The molecule has 5 rings (SSSR count). The van der Waals surface area contributed by atoms with Gasteiger partial charge in [0.25, 0.3) is 5.91 Å². The summed E-state index contributed by atoms with van der Waals surface area (Å²) in [5, 5.41) is 2.94. The molecule has 0 saturated carbocycles. The minimum atomic E-state index is -0.122. The van der Waals surface area contributed by atoms with Gasteiger partial charge in [-0.1, -0.05) is 24.3 Å². The maximum absolute atomic E-state index is 12.8. The summed E-state index contributed by atoms with van der Waals surface area (Å²) in [6, 6.07) is 15.2. The molecule has 3 aliphatic heterocycles. The average Bonchev–Trinajstić information content (AvgIpc) is 3.40. The number of urea groups is 1. The van der Waals surface area contributed by atoms with E-state index in [0.717, 1.165) is 32.7 Å². The highest BCUT2D eigenvalue weighted by Crippen LogP contribution is 2.30. The normalized spacial score (nSPS) is 22.9. The fourth-order valence-electron chi connectivity index (χ4n) is 4.60. The lowest BCUT2D eigenvalue weighted by Gasteiger charge is -2.34. The second-order valence-corrected chi connectivity index (χ2v) is 8.23. The van der Waals surface area contributed by atoms with Crippen LogP contribution >= 0.6 is 0 Å². The number of nitrogens with one attached hydrogen (secondary N) is 1. The zero-order valence-corrected chi connectivity index (χ0v) is 16.3. The van der Waals surface area contributed by atoms with Gasteiger partial charge in [0.1, 0.15) is 0 Å². The summed E-state index contributed by atoms with van der Waals surface area (Å²) in [4.78, 5) is 29.2. The molecule has 2 aromatic carbocycles. The lowest BCUT2D eigenvalue weighted by molar-refractivity contribution is 0.0641. The van der Waals surface area contributed by atoms with E-state index in [1.54, 1.807) is 29.2 Å². The highest BCUT2D eigenvalue weighted by atomic mass is 16.5. The number of piperidine rings is 1. The zero-order chi connectivity index (χ0) is 19.8. The van der Waals surface area contributed by atoms with Crippen molar-refractivity contribution >= 4 is 17.6 Å². The van der Waals surface area contributed by atoms with E-state index >= 15 is 0 Å². The Hall–Kier alpha value is -2.86. The van der Waals surface area contributed by atoms with Crippen LogP contribution in [0.2, 0.25) is 0 Å². The number of nitrogens with zero attached hydrogens (tertiary/aromatic N) is 2. The Kier molecular flexibility index (Phi) is 4.72. The van der Waals surface area contributed by atoms with E-state index in [9.17, 15) is 9.59 Å². The third-order valence-electron chi connectivity index (χ3n) is 6.35. The number of hydrogen-bond acceptors (Lipinski definition) is 3. The van der Waals surface area contributed by atoms with Crippen molar-refractivity contribution in [2.24, 2.45) is 11.8 Å². The highest BCUT2D eigenvalue weighted by molar-refractivity contribution is 5.95. The van der Waals surface area contributed by atoms with E-state index in [1.807, 2.05) is 17.0 Å². The lowest BCUT2D eigenvalue weighted by atomic mass is 9.88. The molecule has 6 nitrogen and oxygen atoms in total. The van der Waals surface area contributed by atoms with Crippen LogP contribution in [0.5, 0.6) is 0 Å². The number of benzene rings is 2. The van der Waals surface area contributed by atoms with E-state index in [2.05, 4.69) is 17.4 Å². The van der Waals surface area contributed by atoms with Crippen molar-refractivity contribution in [3.63, 3.8) is 0 Å². The summed E-state index contributed by atoms with van der Waals surface area (Å²) in [7, 11) is 0. The molecular weight excluding hydrogens is 366 g/mol. The molecule has 29 heavy (non-hydrogen) atoms. The Morgan fingerprint density at radius 1 is 0.897 bits per heavy atom. The molecule has 1 N–H and O–H groups in total. The predicted octanol–water partition coefficient (Wildman–Crippen LogP) is 3.34. The molecular formula is C23H25N3O3. The molecule has 150 valence electrons. The van der Waals surface area contributed by atoms with Crippen LogP contribution in [0.4, 0.5) is 10.5 Å². The largest absolute Gasteiger partial charge is 0.381 e. The van der Waals surface area contributed by atoms with Gasteiger partial charge in [-0.15, -0.1) is 0 Å². The molecule has 0 radical (unpaired) electrons. The van der Waals surface area contributed by atoms with Gasteiger partial charge in [-0.3, -0.25) is 4.79 Å². The van der Waals surface area contributed by atoms with Gasteiger partial charge in [-0.25, -0.2) is 4.79 Å². The van der Waals surface area contributed by atoms with Crippen LogP contribution in [0.1, 0.15) is 27.9 Å². The molecule has 0 aliphatic carbocycles. The number of carbonyl (C=O) groups is 2. The molecule has 6 heteroatoms. The summed E-state index contributed by atoms with van der Waals surface area (Å²) in [6.07, 6.45) is 1.02. The molecule has 2 aromatic rings. The van der Waals surface area contributed by atoms with Gasteiger partial charge in [-0.05, 0) is 47.7 Å². The SMILES string of the molecule is O=C(Nc1ccc(C(=O)N2CCC3COCC3C2)cc1)N1Cc2ccccc2C1. The number of carbonyl (C=O) groups excluding carboxylic acids is 2. The van der Waals surface area contributed by atoms with Gasteiger partial charge in [0.15, 0.2) is 0 Å². The van der Waals surface area contributed by atoms with E-state index in [0.29, 0.717) is 36.2 Å². The monoisotopic (exact) mass is 391 g/mol. The number of ether oxygens (including phenoxy) is 1. The maximum atomic E-state index is 12.8. The number of hydrogen-bond donors (Lipinski definition) is 1. The standard InChI is InChI=1S/C23H25N3O3/c27-22(25-10-9-19-14-29-15-20(19)13-25)16-5-7-21(8-6-16)24-23(28)26-11-17-3-1-2-4-18(17)12-26/h1-8,19-20H,9-15H2,(H,24,28). The fourth-order valence-corrected chi connectivity index (χ4v) is 4.60. The summed E-state index contributed by atoms with van der Waals surface area (Å²) in [5.74, 6) is 1.13. The Bertz CT molecular complexity index is 902. The minimum absolute atomic E-state index is 0.0585. The van der Waals surface area contributed by atoms with Crippen LogP contribution in [-0.2, 0) is 17.8 Å². The van der Waals surface area contributed by atoms with E-state index < -0.39 is 0 Å². The molecule has 3 amide bonds. The molecule has 2 fully saturated rings. The maximum Gasteiger partial charge on any atom is 0.322 e. The predicted molar refractivity (Wildman–Crippen MR) is 109 cm³/mol. The van der Waals surface area contributed by atoms with E-state index in [4.69, 9.17) is 4.74 Å². The van der Waals surface area contributed by atoms with Crippen molar-refractivity contribution in [3.05, 3.63) is 65.2 Å². The van der Waals surface area contributed by atoms with Crippen molar-refractivity contribution in [2.75, 3.05) is 31.6 Å². The fraction of sp³-hybridized carbons (Fsp3) is 0.391. The molecule has 0 spiro atoms. The third kappa shape index (κ3) is 3.60. The minimum Gasteiger partial charge on any atom is -0.381 e. The molecule has 2 unspecified atom stereocenters. The quantitative estimate of drug-likeness (QED) is 0.854. The van der Waals surface area contributed by atoms with Crippen molar-refractivity contribution in [1.29, 1.82) is 0 Å². The Balaban J connectivity index is 1.19. The zero-order valence-electron chi connectivity index (χ0n) is 16.3. The summed E-state index contributed by atoms with van der Waals surface area (Å²) in [5.41, 5.74) is 3.75. The highest BCUT2D eigenvalue weighted by Gasteiger charge is 2.35. The van der Waals surface area contributed by atoms with Gasteiger partial charge in [-0.2, -0.15) is 0 Å². The van der Waals surface area contributed by atoms with E-state index in [1.165, 1.54) is 11.1 Å². The van der Waals surface area contributed by atoms with Crippen LogP contribution in [0.25, 0.3) is 0 Å². The van der Waals surface area contributed by atoms with Gasteiger partial charge < -0.3 is 19.9 Å². The average molecular weight is 391 g/mol. The number of rotatable bonds is 2. The second kappa shape index (κ2) is 7.52. The smallest absolute Gasteiger partial charge is 0.322 e. The van der Waals surface area contributed by atoms with Crippen molar-refractivity contribution in [2.45, 2.75) is 19.5 Å². The summed E-state index contributed by atoms with van der Waals surface area (Å²) in [6.45, 7) is 4.41. The van der Waals surface area contributed by atoms with Gasteiger partial charge in [0.2, 0.25) is 0 Å². The molecule has 0 bridgehead atoms. The third-order valence-corrected chi connectivity index (χ3v) is 6.35. The van der Waals surface area contributed by atoms with Gasteiger partial charge in [0, 0.05) is 50.0 Å². The van der Waals surface area contributed by atoms with Gasteiger partial charge >= 0.3 is 6.03 Å². The number of likely N-dealkylation sites (tertiary alicyclic amines) is 1. The number of amides is 3. The van der Waals surface area contributed by atoms with Gasteiger partial charge in [0.05, 0.1) is 6.61 Å². The number of anilines is 1. The number of fused-ring (bicyclic) bond motifs is 2. The first kappa shape index (κ1) is 18.2. The first-order chi connectivity index (χ1) is 14.2.